The molecule has 2 aromatic rings. The highest BCUT2D eigenvalue weighted by Gasteiger charge is 2.20. The summed E-state index contributed by atoms with van der Waals surface area (Å²) in [6, 6.07) is 1.82. The molecule has 1 fully saturated rings. The van der Waals surface area contributed by atoms with Gasteiger partial charge in [-0.25, -0.2) is 9.97 Å². The molecule has 3 rings (SSSR count). The van der Waals surface area contributed by atoms with Crippen LogP contribution in [-0.4, -0.2) is 57.9 Å². The van der Waals surface area contributed by atoms with E-state index in [1.54, 1.807) is 24.7 Å². The van der Waals surface area contributed by atoms with Crippen molar-refractivity contribution < 1.29 is 0 Å². The van der Waals surface area contributed by atoms with Gasteiger partial charge in [0.05, 0.1) is 6.20 Å². The SMILES string of the molecule is C=CCNc1nncc(N2CCN(c3ncccn3)CC2)n1. The normalized spacial score (nSPS) is 14.7. The second-order valence-corrected chi connectivity index (χ2v) is 4.83. The zero-order chi connectivity index (χ0) is 15.2. The molecule has 8 heteroatoms. The summed E-state index contributed by atoms with van der Waals surface area (Å²) in [5.41, 5.74) is 0. The number of nitrogens with zero attached hydrogens (tertiary/aromatic N) is 7. The van der Waals surface area contributed by atoms with E-state index in [0.29, 0.717) is 12.5 Å². The highest BCUT2D eigenvalue weighted by Crippen LogP contribution is 2.15. The fourth-order valence-corrected chi connectivity index (χ4v) is 2.28. The first-order chi connectivity index (χ1) is 10.9. The summed E-state index contributed by atoms with van der Waals surface area (Å²) in [6.45, 7) is 7.67. The lowest BCUT2D eigenvalue weighted by atomic mass is 10.3. The number of piperazine rings is 1. The van der Waals surface area contributed by atoms with Crippen LogP contribution in [0.15, 0.2) is 37.3 Å². The third-order valence-electron chi connectivity index (χ3n) is 3.39. The van der Waals surface area contributed by atoms with Crippen molar-refractivity contribution in [3.05, 3.63) is 37.3 Å². The maximum absolute atomic E-state index is 4.48. The molecule has 3 heterocycles. The summed E-state index contributed by atoms with van der Waals surface area (Å²) >= 11 is 0. The minimum atomic E-state index is 0.520. The molecule has 0 spiro atoms. The van der Waals surface area contributed by atoms with Crippen molar-refractivity contribution >= 4 is 17.7 Å². The Bertz CT molecular complexity index is 609. The first kappa shape index (κ1) is 14.2. The highest BCUT2D eigenvalue weighted by atomic mass is 15.4. The maximum Gasteiger partial charge on any atom is 0.244 e. The van der Waals surface area contributed by atoms with Gasteiger partial charge in [-0.2, -0.15) is 10.1 Å². The molecule has 1 aliphatic rings. The maximum atomic E-state index is 4.48. The number of anilines is 3. The molecule has 0 unspecified atom stereocenters. The van der Waals surface area contributed by atoms with Crippen LogP contribution in [0.4, 0.5) is 17.7 Å². The van der Waals surface area contributed by atoms with Crippen LogP contribution < -0.4 is 15.1 Å². The summed E-state index contributed by atoms with van der Waals surface area (Å²) in [5, 5.41) is 11.0. The lowest BCUT2D eigenvalue weighted by molar-refractivity contribution is 0.632. The summed E-state index contributed by atoms with van der Waals surface area (Å²) in [6.07, 6.45) is 6.98. The van der Waals surface area contributed by atoms with Crippen LogP contribution in [-0.2, 0) is 0 Å². The summed E-state index contributed by atoms with van der Waals surface area (Å²) in [5.74, 6) is 2.12. The van der Waals surface area contributed by atoms with Gasteiger partial charge >= 0.3 is 0 Å². The molecular weight excluding hydrogens is 280 g/mol. The molecule has 2 aromatic heterocycles. The Labute approximate surface area is 128 Å². The molecule has 0 aliphatic carbocycles. The molecule has 1 saturated heterocycles. The zero-order valence-electron chi connectivity index (χ0n) is 12.3. The Balaban J connectivity index is 1.62. The van der Waals surface area contributed by atoms with E-state index in [1.807, 2.05) is 6.07 Å². The average molecular weight is 298 g/mol. The molecule has 0 saturated carbocycles. The minimum absolute atomic E-state index is 0.520. The highest BCUT2D eigenvalue weighted by molar-refractivity contribution is 5.43. The van der Waals surface area contributed by atoms with Crippen molar-refractivity contribution in [1.82, 2.24) is 25.1 Å². The quantitative estimate of drug-likeness (QED) is 0.803. The van der Waals surface area contributed by atoms with Crippen LogP contribution >= 0.6 is 0 Å². The average Bonchev–Trinajstić information content (AvgIpc) is 2.61. The number of nitrogens with one attached hydrogen (secondary N) is 1. The third-order valence-corrected chi connectivity index (χ3v) is 3.39. The van der Waals surface area contributed by atoms with Gasteiger partial charge in [0.25, 0.3) is 0 Å². The second kappa shape index (κ2) is 6.79. The van der Waals surface area contributed by atoms with Crippen LogP contribution in [0.2, 0.25) is 0 Å². The van der Waals surface area contributed by atoms with Gasteiger partial charge in [-0.1, -0.05) is 6.08 Å². The monoisotopic (exact) mass is 298 g/mol. The summed E-state index contributed by atoms with van der Waals surface area (Å²) in [4.78, 5) is 17.4. The number of hydrogen-bond donors (Lipinski definition) is 1. The second-order valence-electron chi connectivity index (χ2n) is 4.83. The van der Waals surface area contributed by atoms with Crippen molar-refractivity contribution in [3.63, 3.8) is 0 Å². The lowest BCUT2D eigenvalue weighted by Gasteiger charge is -2.35. The molecule has 22 heavy (non-hydrogen) atoms. The standard InChI is InChI=1S/C14H18N8/c1-2-4-15-13-19-12(11-18-20-13)21-7-9-22(10-8-21)14-16-5-3-6-17-14/h2-3,5-6,11H,1,4,7-10H2,(H,15,19,20). The molecule has 0 radical (unpaired) electrons. The van der Waals surface area contributed by atoms with Gasteiger partial charge in [0.2, 0.25) is 11.9 Å². The van der Waals surface area contributed by atoms with Crippen LogP contribution in [0.5, 0.6) is 0 Å². The van der Waals surface area contributed by atoms with E-state index in [2.05, 4.69) is 46.8 Å². The molecule has 1 N–H and O–H groups in total. The lowest BCUT2D eigenvalue weighted by Crippen LogP contribution is -2.47. The number of aromatic nitrogens is 5. The van der Waals surface area contributed by atoms with Crippen molar-refractivity contribution in [2.24, 2.45) is 0 Å². The van der Waals surface area contributed by atoms with Crippen molar-refractivity contribution in [2.45, 2.75) is 0 Å². The van der Waals surface area contributed by atoms with Gasteiger partial charge in [0, 0.05) is 45.1 Å². The Hall–Kier alpha value is -2.77. The van der Waals surface area contributed by atoms with Gasteiger partial charge in [0.1, 0.15) is 0 Å². The first-order valence-corrected chi connectivity index (χ1v) is 7.18. The Kier molecular flexibility index (Phi) is 4.38. The van der Waals surface area contributed by atoms with Gasteiger partial charge in [-0.05, 0) is 6.07 Å². The molecule has 0 atom stereocenters. The Morgan fingerprint density at radius 3 is 2.59 bits per heavy atom. The Morgan fingerprint density at radius 1 is 1.14 bits per heavy atom. The van der Waals surface area contributed by atoms with Crippen LogP contribution in [0.1, 0.15) is 0 Å². The molecule has 8 nitrogen and oxygen atoms in total. The molecular formula is C14H18N8. The molecule has 0 amide bonds. The molecule has 1 aliphatic heterocycles. The van der Waals surface area contributed by atoms with E-state index < -0.39 is 0 Å². The number of rotatable bonds is 5. The fourth-order valence-electron chi connectivity index (χ4n) is 2.28. The van der Waals surface area contributed by atoms with Gasteiger partial charge < -0.3 is 15.1 Å². The summed E-state index contributed by atoms with van der Waals surface area (Å²) in [7, 11) is 0. The smallest absolute Gasteiger partial charge is 0.244 e. The third kappa shape index (κ3) is 3.27. The fraction of sp³-hybridized carbons (Fsp3) is 0.357. The predicted octanol–water partition coefficient (Wildman–Crippen LogP) is 0.586. The Morgan fingerprint density at radius 2 is 1.86 bits per heavy atom. The first-order valence-electron chi connectivity index (χ1n) is 7.18. The topological polar surface area (TPSA) is 83.0 Å². The molecule has 114 valence electrons. The van der Waals surface area contributed by atoms with Gasteiger partial charge in [0.15, 0.2) is 5.82 Å². The van der Waals surface area contributed by atoms with Crippen molar-refractivity contribution in [1.29, 1.82) is 0 Å². The van der Waals surface area contributed by atoms with E-state index in [0.717, 1.165) is 37.9 Å². The van der Waals surface area contributed by atoms with E-state index in [4.69, 9.17) is 0 Å². The van der Waals surface area contributed by atoms with Crippen LogP contribution in [0.3, 0.4) is 0 Å². The van der Waals surface area contributed by atoms with Gasteiger partial charge in [-0.3, -0.25) is 0 Å². The van der Waals surface area contributed by atoms with Crippen LogP contribution in [0, 0.1) is 0 Å². The largest absolute Gasteiger partial charge is 0.352 e. The molecule has 0 bridgehead atoms. The van der Waals surface area contributed by atoms with E-state index in [-0.39, 0.29) is 0 Å². The molecule has 0 aromatic carbocycles. The van der Waals surface area contributed by atoms with Crippen LogP contribution in [0.25, 0.3) is 0 Å². The predicted molar refractivity (Wildman–Crippen MR) is 85.0 cm³/mol. The zero-order valence-corrected chi connectivity index (χ0v) is 12.3. The van der Waals surface area contributed by atoms with Crippen molar-refractivity contribution in [2.75, 3.05) is 47.8 Å². The van der Waals surface area contributed by atoms with E-state index >= 15 is 0 Å². The van der Waals surface area contributed by atoms with Crippen molar-refractivity contribution in [3.8, 4) is 0 Å². The summed E-state index contributed by atoms with van der Waals surface area (Å²) < 4.78 is 0. The number of hydrogen-bond acceptors (Lipinski definition) is 8. The van der Waals surface area contributed by atoms with Gasteiger partial charge in [-0.15, -0.1) is 11.7 Å². The van der Waals surface area contributed by atoms with E-state index in [1.165, 1.54) is 0 Å². The minimum Gasteiger partial charge on any atom is -0.352 e. The van der Waals surface area contributed by atoms with E-state index in [9.17, 15) is 0 Å².